The summed E-state index contributed by atoms with van der Waals surface area (Å²) in [6, 6.07) is 11.8. The van der Waals surface area contributed by atoms with Gasteiger partial charge < -0.3 is 16.0 Å². The zero-order chi connectivity index (χ0) is 33.6. The Balaban J connectivity index is 2.14. The molecule has 6 N–H and O–H groups in total. The average Bonchev–Trinajstić information content (AvgIpc) is 3.12. The summed E-state index contributed by atoms with van der Waals surface area (Å²) in [5, 5.41) is 7.90. The molecule has 0 saturated heterocycles. The second kappa shape index (κ2) is 14.2. The van der Waals surface area contributed by atoms with Crippen LogP contribution < -0.4 is 16.0 Å². The number of hydrogen-bond donors (Lipinski definition) is 6. The van der Waals surface area contributed by atoms with E-state index in [0.717, 1.165) is 5.69 Å². The van der Waals surface area contributed by atoms with E-state index >= 15 is 0 Å². The van der Waals surface area contributed by atoms with Gasteiger partial charge in [-0.25, -0.2) is 0 Å². The third-order valence-corrected chi connectivity index (χ3v) is 9.06. The lowest BCUT2D eigenvalue weighted by Crippen LogP contribution is -2.34. The number of carbonyl (C=O) groups is 2. The van der Waals surface area contributed by atoms with Gasteiger partial charge >= 0.3 is 0 Å². The smallest absolute Gasteiger partial charge is 0.266 e. The second-order valence-corrected chi connectivity index (χ2v) is 15.4. The normalized spacial score (nSPS) is 14.8. The Kier molecular flexibility index (Phi) is 11.3. The number of nitrogens with zero attached hydrogens (tertiary/aromatic N) is 1. The van der Waals surface area contributed by atoms with Crippen LogP contribution in [0, 0.1) is 0 Å². The first kappa shape index (κ1) is 35.8. The Bertz CT molecular complexity index is 1840. The van der Waals surface area contributed by atoms with Gasteiger partial charge in [0.05, 0.1) is 33.8 Å². The number of allylic oxidation sites excluding steroid dienone is 1. The highest BCUT2D eigenvalue weighted by atomic mass is 32.2. The molecule has 0 aliphatic carbocycles. The number of fused-ring (bicyclic) bond motifs is 1. The van der Waals surface area contributed by atoms with Crippen molar-refractivity contribution in [2.75, 3.05) is 42.2 Å². The summed E-state index contributed by atoms with van der Waals surface area (Å²) in [6.45, 7) is 2.71. The monoisotopic (exact) mass is 687 g/mol. The lowest BCUT2D eigenvalue weighted by Gasteiger charge is -2.19. The van der Waals surface area contributed by atoms with Crippen molar-refractivity contribution in [3.63, 3.8) is 0 Å². The maximum atomic E-state index is 13.5. The number of carbonyl (C=O) groups excluding carboxylic acids is 2. The van der Waals surface area contributed by atoms with Crippen LogP contribution in [0.1, 0.15) is 46.5 Å². The standard InChI is InChI=1S/C27H34N4O11S3/c1-27(2)23(9-10-28-20-7-4-3-5-8-20)31(13-6-14-43(34,35)36)22-18-19(25(32)29-11-15-44(37,38)39)17-21(24(22)27)26(33)30-12-16-45(40,41)42/h3-5,7-10,17-18H,6,11-16H2,1-2H3,(H5,29,30,32,33,34,35,36,37,38,39,40,41,42)/p+1. The molecule has 1 aliphatic rings. The van der Waals surface area contributed by atoms with Crippen LogP contribution in [0.5, 0.6) is 0 Å². The number of nitrogens with one attached hydrogen (secondary N) is 3. The van der Waals surface area contributed by atoms with E-state index in [1.165, 1.54) is 12.1 Å². The molecule has 0 aromatic heterocycles. The molecule has 2 amide bonds. The van der Waals surface area contributed by atoms with Crippen molar-refractivity contribution in [3.05, 3.63) is 71.4 Å². The fraction of sp³-hybridized carbons (Fsp3) is 0.370. The quantitative estimate of drug-likeness (QED) is 0.114. The van der Waals surface area contributed by atoms with Crippen molar-refractivity contribution in [1.29, 1.82) is 0 Å². The molecule has 0 atom stereocenters. The van der Waals surface area contributed by atoms with Crippen LogP contribution in [0.15, 0.2) is 54.7 Å². The van der Waals surface area contributed by atoms with E-state index in [0.29, 0.717) is 17.0 Å². The van der Waals surface area contributed by atoms with Gasteiger partial charge in [-0.05, 0) is 32.0 Å². The zero-order valence-corrected chi connectivity index (χ0v) is 26.9. The van der Waals surface area contributed by atoms with Crippen LogP contribution in [0.25, 0.3) is 0 Å². The van der Waals surface area contributed by atoms with Crippen molar-refractivity contribution in [2.45, 2.75) is 25.7 Å². The molecule has 246 valence electrons. The molecule has 1 aliphatic heterocycles. The molecule has 3 rings (SSSR count). The maximum Gasteiger partial charge on any atom is 0.266 e. The lowest BCUT2D eigenvalue weighted by molar-refractivity contribution is -0.437. The van der Waals surface area contributed by atoms with Crippen LogP contribution in [-0.4, -0.2) is 97.9 Å². The molecular weight excluding hydrogens is 653 g/mol. The Hall–Kier alpha value is -3.68. The molecule has 15 nitrogen and oxygen atoms in total. The summed E-state index contributed by atoms with van der Waals surface area (Å²) < 4.78 is 96.8. The molecule has 0 bridgehead atoms. The minimum absolute atomic E-state index is 0.0267. The molecule has 0 saturated carbocycles. The second-order valence-electron chi connectivity index (χ2n) is 10.6. The summed E-state index contributed by atoms with van der Waals surface area (Å²) in [5.41, 5.74) is 0.997. The first-order valence-corrected chi connectivity index (χ1v) is 18.3. The van der Waals surface area contributed by atoms with E-state index in [4.69, 9.17) is 9.11 Å². The maximum absolute atomic E-state index is 13.5. The number of benzene rings is 2. The van der Waals surface area contributed by atoms with Crippen LogP contribution in [-0.2, 0) is 35.8 Å². The molecule has 45 heavy (non-hydrogen) atoms. The first-order valence-electron chi connectivity index (χ1n) is 13.5. The molecular formula is C27H35N4O11S3+. The van der Waals surface area contributed by atoms with Gasteiger partial charge in [0.15, 0.2) is 5.71 Å². The summed E-state index contributed by atoms with van der Waals surface area (Å²) in [4.78, 5) is 26.5. The SMILES string of the molecule is CC1(C)C(/C=C/Nc2ccccc2)=[N+](CCCS(=O)(=O)O)c2cc(C(=O)NCCS(=O)(=O)O)cc(C(=O)NCCS(=O)(=O)O)c21. The summed E-state index contributed by atoms with van der Waals surface area (Å²) >= 11 is 0. The molecule has 2 aromatic rings. The minimum atomic E-state index is -4.40. The topological polar surface area (TPSA) is 236 Å². The number of rotatable bonds is 15. The molecule has 1 heterocycles. The number of para-hydroxylation sites is 1. The van der Waals surface area contributed by atoms with E-state index in [1.807, 2.05) is 30.3 Å². The highest BCUT2D eigenvalue weighted by Gasteiger charge is 2.47. The predicted molar refractivity (Wildman–Crippen MR) is 167 cm³/mol. The molecule has 0 spiro atoms. The van der Waals surface area contributed by atoms with E-state index in [1.54, 1.807) is 30.7 Å². The number of anilines is 1. The average molecular weight is 688 g/mol. The van der Waals surface area contributed by atoms with Gasteiger partial charge in [-0.1, -0.05) is 18.2 Å². The molecule has 2 aromatic carbocycles. The Morgan fingerprint density at radius 3 is 1.93 bits per heavy atom. The summed E-state index contributed by atoms with van der Waals surface area (Å²) in [7, 11) is -13.1. The predicted octanol–water partition coefficient (Wildman–Crippen LogP) is 1.20. The van der Waals surface area contributed by atoms with Gasteiger partial charge in [-0.15, -0.1) is 0 Å². The van der Waals surface area contributed by atoms with Gasteiger partial charge in [0.25, 0.3) is 42.2 Å². The first-order chi connectivity index (χ1) is 20.8. The van der Waals surface area contributed by atoms with Crippen molar-refractivity contribution >= 4 is 59.3 Å². The van der Waals surface area contributed by atoms with Gasteiger partial charge in [0, 0.05) is 49.1 Å². The van der Waals surface area contributed by atoms with Crippen LogP contribution in [0.3, 0.4) is 0 Å². The van der Waals surface area contributed by atoms with Crippen molar-refractivity contribution < 1.29 is 53.1 Å². The van der Waals surface area contributed by atoms with Gasteiger partial charge in [-0.2, -0.15) is 29.8 Å². The van der Waals surface area contributed by atoms with Crippen molar-refractivity contribution in [3.8, 4) is 0 Å². The Labute approximate surface area is 261 Å². The fourth-order valence-corrected chi connectivity index (χ4v) is 6.10. The van der Waals surface area contributed by atoms with E-state index in [-0.39, 0.29) is 24.1 Å². The molecule has 18 heteroatoms. The Morgan fingerprint density at radius 2 is 1.38 bits per heavy atom. The van der Waals surface area contributed by atoms with Crippen molar-refractivity contribution in [2.24, 2.45) is 0 Å². The highest BCUT2D eigenvalue weighted by Crippen LogP contribution is 2.43. The van der Waals surface area contributed by atoms with Crippen LogP contribution >= 0.6 is 0 Å². The lowest BCUT2D eigenvalue weighted by atomic mass is 9.78. The number of amides is 2. The minimum Gasteiger partial charge on any atom is -0.361 e. The fourth-order valence-electron chi connectivity index (χ4n) is 4.88. The zero-order valence-electron chi connectivity index (χ0n) is 24.4. The summed E-state index contributed by atoms with van der Waals surface area (Å²) in [5.74, 6) is -3.68. The van der Waals surface area contributed by atoms with E-state index < -0.39 is 77.9 Å². The molecule has 0 unspecified atom stereocenters. The van der Waals surface area contributed by atoms with E-state index in [9.17, 15) is 39.4 Å². The van der Waals surface area contributed by atoms with Gasteiger partial charge in [0.1, 0.15) is 6.54 Å². The summed E-state index contributed by atoms with van der Waals surface area (Å²) in [6.07, 6.45) is 3.31. The third-order valence-electron chi connectivity index (χ3n) is 6.81. The Morgan fingerprint density at radius 1 is 0.822 bits per heavy atom. The van der Waals surface area contributed by atoms with Gasteiger partial charge in [0.2, 0.25) is 5.69 Å². The van der Waals surface area contributed by atoms with Crippen LogP contribution in [0.4, 0.5) is 11.4 Å². The number of hydrogen-bond acceptors (Lipinski definition) is 9. The molecule has 0 fully saturated rings. The van der Waals surface area contributed by atoms with Crippen molar-refractivity contribution in [1.82, 2.24) is 10.6 Å². The molecule has 0 radical (unpaired) electrons. The van der Waals surface area contributed by atoms with Crippen LogP contribution in [0.2, 0.25) is 0 Å². The third kappa shape index (κ3) is 10.4. The highest BCUT2D eigenvalue weighted by molar-refractivity contribution is 7.86. The van der Waals surface area contributed by atoms with E-state index in [2.05, 4.69) is 16.0 Å². The largest absolute Gasteiger partial charge is 0.361 e. The van der Waals surface area contributed by atoms with Gasteiger partial charge in [-0.3, -0.25) is 23.2 Å².